The number of ketones is 1. The summed E-state index contributed by atoms with van der Waals surface area (Å²) in [5.74, 6) is -8.69. The van der Waals surface area contributed by atoms with Gasteiger partial charge in [-0.1, -0.05) is 78.6 Å². The minimum atomic E-state index is -3.21. The first-order valence-corrected chi connectivity index (χ1v) is 11.5. The number of Topliss-reactive ketones (excluding diaryl/α,β-unsaturated/α-hetero) is 1. The van der Waals surface area contributed by atoms with Crippen LogP contribution in [-0.4, -0.2) is 49.7 Å². The van der Waals surface area contributed by atoms with Gasteiger partial charge in [0.15, 0.2) is 17.3 Å². The molecule has 0 heterocycles. The Balaban J connectivity index is 6.37. The molecule has 4 N–H and O–H groups in total. The number of rotatable bonds is 19. The molecule has 0 aromatic rings. The molecule has 180 valence electrons. The average Bonchev–Trinajstić information content (AvgIpc) is 2.67. The van der Waals surface area contributed by atoms with Crippen LogP contribution in [0.2, 0.25) is 0 Å². The normalized spacial score (nSPS) is 14.6. The monoisotopic (exact) mass is 444 g/mol. The number of carboxylic acid groups (broad SMARTS) is 3. The molecule has 2 unspecified atom stereocenters. The van der Waals surface area contributed by atoms with Crippen LogP contribution in [0, 0.1) is 11.3 Å². The average molecular weight is 445 g/mol. The lowest BCUT2D eigenvalue weighted by Crippen LogP contribution is -2.57. The van der Waals surface area contributed by atoms with Gasteiger partial charge in [0.05, 0.1) is 6.42 Å². The van der Waals surface area contributed by atoms with Crippen molar-refractivity contribution in [3.05, 3.63) is 0 Å². The van der Waals surface area contributed by atoms with Gasteiger partial charge >= 0.3 is 17.9 Å². The van der Waals surface area contributed by atoms with Crippen molar-refractivity contribution in [2.45, 2.75) is 110 Å². The van der Waals surface area contributed by atoms with Gasteiger partial charge in [0.2, 0.25) is 0 Å². The number of aliphatic hydroxyl groups is 1. The molecule has 0 bridgehead atoms. The van der Waals surface area contributed by atoms with Crippen molar-refractivity contribution in [1.82, 2.24) is 0 Å². The van der Waals surface area contributed by atoms with Crippen molar-refractivity contribution >= 4 is 23.7 Å². The molecule has 2 atom stereocenters. The minimum absolute atomic E-state index is 0.402. The van der Waals surface area contributed by atoms with Crippen molar-refractivity contribution < 1.29 is 39.6 Å². The van der Waals surface area contributed by atoms with Crippen LogP contribution in [0.3, 0.4) is 0 Å². The maximum Gasteiger partial charge on any atom is 0.337 e. The predicted molar refractivity (Wildman–Crippen MR) is 116 cm³/mol. The van der Waals surface area contributed by atoms with Gasteiger partial charge in [0, 0.05) is 5.41 Å². The van der Waals surface area contributed by atoms with Crippen molar-refractivity contribution in [3.8, 4) is 0 Å². The number of aliphatic carboxylic acids is 3. The molecule has 0 aromatic heterocycles. The number of hydrogen-bond acceptors (Lipinski definition) is 5. The van der Waals surface area contributed by atoms with E-state index in [2.05, 4.69) is 0 Å². The van der Waals surface area contributed by atoms with Crippen molar-refractivity contribution in [1.29, 1.82) is 0 Å². The summed E-state index contributed by atoms with van der Waals surface area (Å²) >= 11 is 0. The highest BCUT2D eigenvalue weighted by atomic mass is 16.4. The molecule has 0 rings (SSSR count). The second kappa shape index (κ2) is 14.2. The topological polar surface area (TPSA) is 149 Å². The molecular weight excluding hydrogens is 404 g/mol. The Labute approximate surface area is 185 Å². The summed E-state index contributed by atoms with van der Waals surface area (Å²) in [7, 11) is 0. The SMILES string of the molecule is CCCCCC(CCCCC)(CCCCC)C(=O)C(C(=O)O)C(O)(CC(=O)O)C(=O)O. The van der Waals surface area contributed by atoms with Gasteiger partial charge in [-0.3, -0.25) is 14.4 Å². The Morgan fingerprint density at radius 2 is 1.10 bits per heavy atom. The number of carbonyl (C=O) groups is 4. The highest BCUT2D eigenvalue weighted by Crippen LogP contribution is 2.43. The van der Waals surface area contributed by atoms with E-state index in [-0.39, 0.29) is 0 Å². The fraction of sp³-hybridized carbons (Fsp3) is 0.826. The first-order valence-electron chi connectivity index (χ1n) is 11.5. The molecule has 0 saturated carbocycles. The number of hydrogen-bond donors (Lipinski definition) is 4. The van der Waals surface area contributed by atoms with Gasteiger partial charge in [-0.2, -0.15) is 0 Å². The van der Waals surface area contributed by atoms with E-state index in [1.54, 1.807) is 0 Å². The van der Waals surface area contributed by atoms with E-state index in [4.69, 9.17) is 5.11 Å². The Hall–Kier alpha value is -1.96. The van der Waals surface area contributed by atoms with Crippen LogP contribution in [0.1, 0.15) is 104 Å². The number of carboxylic acids is 3. The van der Waals surface area contributed by atoms with Crippen LogP contribution in [0.4, 0.5) is 0 Å². The summed E-state index contributed by atoms with van der Waals surface area (Å²) in [4.78, 5) is 48.8. The van der Waals surface area contributed by atoms with Crippen LogP contribution in [0.15, 0.2) is 0 Å². The minimum Gasteiger partial charge on any atom is -0.481 e. The number of carbonyl (C=O) groups excluding carboxylic acids is 1. The van der Waals surface area contributed by atoms with E-state index in [9.17, 15) is 34.5 Å². The van der Waals surface area contributed by atoms with E-state index in [1.165, 1.54) is 0 Å². The second-order valence-electron chi connectivity index (χ2n) is 8.59. The molecule has 0 fully saturated rings. The Bertz CT molecular complexity index is 574. The quantitative estimate of drug-likeness (QED) is 0.170. The van der Waals surface area contributed by atoms with E-state index in [0.29, 0.717) is 38.5 Å². The molecule has 8 heteroatoms. The van der Waals surface area contributed by atoms with Crippen molar-refractivity contribution in [3.63, 3.8) is 0 Å². The van der Waals surface area contributed by atoms with Gasteiger partial charge in [-0.15, -0.1) is 0 Å². The molecule has 0 aliphatic heterocycles. The molecule has 0 aromatic carbocycles. The lowest BCUT2D eigenvalue weighted by atomic mass is 9.64. The zero-order chi connectivity index (χ0) is 24.1. The third-order valence-corrected chi connectivity index (χ3v) is 6.08. The third kappa shape index (κ3) is 8.59. The molecule has 0 aliphatic carbocycles. The molecule has 0 spiro atoms. The lowest BCUT2D eigenvalue weighted by molar-refractivity contribution is -0.183. The summed E-state index contributed by atoms with van der Waals surface area (Å²) in [6.07, 6.45) is 7.09. The van der Waals surface area contributed by atoms with Gasteiger partial charge in [-0.25, -0.2) is 4.79 Å². The van der Waals surface area contributed by atoms with Gasteiger partial charge < -0.3 is 20.4 Å². The van der Waals surface area contributed by atoms with Gasteiger partial charge in [-0.05, 0) is 19.3 Å². The fourth-order valence-corrected chi connectivity index (χ4v) is 4.26. The Morgan fingerprint density at radius 3 is 1.35 bits per heavy atom. The van der Waals surface area contributed by atoms with Crippen LogP contribution in [-0.2, 0) is 19.2 Å². The molecule has 8 nitrogen and oxygen atoms in total. The van der Waals surface area contributed by atoms with Crippen molar-refractivity contribution in [2.24, 2.45) is 11.3 Å². The second-order valence-corrected chi connectivity index (χ2v) is 8.59. The largest absolute Gasteiger partial charge is 0.481 e. The molecule has 0 radical (unpaired) electrons. The van der Waals surface area contributed by atoms with Crippen LogP contribution < -0.4 is 0 Å². The van der Waals surface area contributed by atoms with E-state index in [1.807, 2.05) is 20.8 Å². The zero-order valence-corrected chi connectivity index (χ0v) is 19.2. The molecular formula is C23H40O8. The standard InChI is InChI=1S/C23H40O8/c1-4-7-10-13-22(14-11-8-5-2,15-12-9-6-3)19(26)18(20(27)28)23(31,21(29)30)16-17(24)25/h18,31H,4-16H2,1-3H3,(H,24,25)(H,27,28)(H,29,30). The van der Waals surface area contributed by atoms with E-state index >= 15 is 0 Å². The molecule has 0 aliphatic rings. The predicted octanol–water partition coefficient (Wildman–Crippen LogP) is 4.27. The fourth-order valence-electron chi connectivity index (χ4n) is 4.26. The van der Waals surface area contributed by atoms with Crippen LogP contribution in [0.5, 0.6) is 0 Å². The van der Waals surface area contributed by atoms with Crippen LogP contribution in [0.25, 0.3) is 0 Å². The zero-order valence-electron chi connectivity index (χ0n) is 19.2. The van der Waals surface area contributed by atoms with Crippen molar-refractivity contribution in [2.75, 3.05) is 0 Å². The van der Waals surface area contributed by atoms with E-state index < -0.39 is 47.0 Å². The summed E-state index contributed by atoms with van der Waals surface area (Å²) in [5.41, 5.74) is -4.30. The highest BCUT2D eigenvalue weighted by molar-refractivity contribution is 6.07. The Kier molecular flexibility index (Phi) is 13.3. The highest BCUT2D eigenvalue weighted by Gasteiger charge is 2.57. The maximum atomic E-state index is 13.7. The number of unbranched alkanes of at least 4 members (excludes halogenated alkanes) is 6. The molecule has 0 amide bonds. The van der Waals surface area contributed by atoms with Crippen LogP contribution >= 0.6 is 0 Å². The Morgan fingerprint density at radius 1 is 0.710 bits per heavy atom. The molecule has 0 saturated heterocycles. The molecule has 31 heavy (non-hydrogen) atoms. The van der Waals surface area contributed by atoms with E-state index in [0.717, 1.165) is 38.5 Å². The smallest absolute Gasteiger partial charge is 0.337 e. The summed E-state index contributed by atoms with van der Waals surface area (Å²) < 4.78 is 0. The lowest BCUT2D eigenvalue weighted by Gasteiger charge is -2.38. The first-order chi connectivity index (χ1) is 14.5. The summed E-state index contributed by atoms with van der Waals surface area (Å²) in [6, 6.07) is 0. The van der Waals surface area contributed by atoms with Gasteiger partial charge in [0.25, 0.3) is 0 Å². The summed E-state index contributed by atoms with van der Waals surface area (Å²) in [6.45, 7) is 6.02. The van der Waals surface area contributed by atoms with Gasteiger partial charge in [0.1, 0.15) is 0 Å². The summed E-state index contributed by atoms with van der Waals surface area (Å²) in [5, 5.41) is 39.1. The maximum absolute atomic E-state index is 13.7. The third-order valence-electron chi connectivity index (χ3n) is 6.08. The first kappa shape index (κ1) is 29.0.